The fourth-order valence-electron chi connectivity index (χ4n) is 1.60. The first-order valence-electron chi connectivity index (χ1n) is 5.98. The first-order valence-corrected chi connectivity index (χ1v) is 5.98. The van der Waals surface area contributed by atoms with Crippen molar-refractivity contribution in [2.45, 2.75) is 26.7 Å². The second-order valence-electron chi connectivity index (χ2n) is 4.09. The Morgan fingerprint density at radius 2 is 2.00 bits per heavy atom. The van der Waals surface area contributed by atoms with E-state index in [1.54, 1.807) is 0 Å². The van der Waals surface area contributed by atoms with Gasteiger partial charge in [0.05, 0.1) is 0 Å². The first kappa shape index (κ1) is 11.6. The van der Waals surface area contributed by atoms with Gasteiger partial charge in [-0.1, -0.05) is 24.6 Å². The van der Waals surface area contributed by atoms with E-state index in [2.05, 4.69) is 58.6 Å². The lowest BCUT2D eigenvalue weighted by Crippen LogP contribution is -2.05. The molecule has 1 heterocycles. The largest absolute Gasteiger partial charge is 0.385 e. The molecule has 90 valence electrons. The highest BCUT2D eigenvalue weighted by atomic mass is 15.2. The maximum atomic E-state index is 4.37. The van der Waals surface area contributed by atoms with Gasteiger partial charge in [0.25, 0.3) is 0 Å². The molecule has 2 N–H and O–H groups in total. The predicted molar refractivity (Wildman–Crippen MR) is 69.1 cm³/mol. The molecule has 17 heavy (non-hydrogen) atoms. The van der Waals surface area contributed by atoms with Gasteiger partial charge in [0, 0.05) is 25.1 Å². The van der Waals surface area contributed by atoms with Gasteiger partial charge in [0.1, 0.15) is 11.6 Å². The van der Waals surface area contributed by atoms with Gasteiger partial charge >= 0.3 is 0 Å². The summed E-state index contributed by atoms with van der Waals surface area (Å²) in [6.45, 7) is 5.00. The maximum Gasteiger partial charge on any atom is 0.150 e. The van der Waals surface area contributed by atoms with E-state index in [1.165, 1.54) is 5.56 Å². The Morgan fingerprint density at radius 1 is 1.24 bits per heavy atom. The normalized spacial score (nSPS) is 10.5. The summed E-state index contributed by atoms with van der Waals surface area (Å²) >= 11 is 0. The highest BCUT2D eigenvalue weighted by Gasteiger charge is 2.00. The molecule has 0 spiro atoms. The number of anilines is 1. The van der Waals surface area contributed by atoms with E-state index in [0.29, 0.717) is 0 Å². The number of nitrogens with one attached hydrogen (secondary N) is 2. The highest BCUT2D eigenvalue weighted by Crippen LogP contribution is 2.08. The summed E-state index contributed by atoms with van der Waals surface area (Å²) < 4.78 is 0. The van der Waals surface area contributed by atoms with Crippen LogP contribution >= 0.6 is 0 Å². The molecule has 0 saturated heterocycles. The molecule has 4 heteroatoms. The zero-order valence-electron chi connectivity index (χ0n) is 10.3. The van der Waals surface area contributed by atoms with Crippen LogP contribution in [0.1, 0.15) is 24.1 Å². The second-order valence-corrected chi connectivity index (χ2v) is 4.09. The maximum absolute atomic E-state index is 4.37. The molecule has 1 aromatic heterocycles. The van der Waals surface area contributed by atoms with Crippen molar-refractivity contribution in [3.63, 3.8) is 0 Å². The van der Waals surface area contributed by atoms with Crippen molar-refractivity contribution in [1.82, 2.24) is 15.2 Å². The number of rotatable bonds is 5. The number of aromatic amines is 1. The molecular weight excluding hydrogens is 212 g/mol. The van der Waals surface area contributed by atoms with Crippen LogP contribution in [0.5, 0.6) is 0 Å². The third-order valence-electron chi connectivity index (χ3n) is 2.64. The topological polar surface area (TPSA) is 53.6 Å². The number of benzene rings is 1. The molecule has 0 atom stereocenters. The van der Waals surface area contributed by atoms with Crippen molar-refractivity contribution in [1.29, 1.82) is 0 Å². The minimum atomic E-state index is 0.862. The van der Waals surface area contributed by atoms with Gasteiger partial charge in [-0.25, -0.2) is 4.98 Å². The van der Waals surface area contributed by atoms with Crippen molar-refractivity contribution in [3.8, 4) is 0 Å². The molecule has 0 aliphatic carbocycles. The number of aromatic nitrogens is 3. The van der Waals surface area contributed by atoms with Gasteiger partial charge in [-0.05, 0) is 19.1 Å². The number of H-pyrrole nitrogens is 1. The Morgan fingerprint density at radius 3 is 2.65 bits per heavy atom. The molecule has 0 saturated carbocycles. The summed E-state index contributed by atoms with van der Waals surface area (Å²) in [6, 6.07) is 8.39. The van der Waals surface area contributed by atoms with Crippen LogP contribution in [0.4, 0.5) is 5.69 Å². The van der Waals surface area contributed by atoms with E-state index in [1.807, 2.05) is 0 Å². The monoisotopic (exact) mass is 230 g/mol. The first-order chi connectivity index (χ1) is 8.28. The van der Waals surface area contributed by atoms with Gasteiger partial charge < -0.3 is 5.32 Å². The summed E-state index contributed by atoms with van der Waals surface area (Å²) in [5.41, 5.74) is 2.42. The Hall–Kier alpha value is -1.84. The lowest BCUT2D eigenvalue weighted by Gasteiger charge is -2.04. The SMILES string of the molecule is CCc1n[nH]c(CCNc2ccc(C)cc2)n1. The van der Waals surface area contributed by atoms with Crippen molar-refractivity contribution in [3.05, 3.63) is 41.5 Å². The average molecular weight is 230 g/mol. The third-order valence-corrected chi connectivity index (χ3v) is 2.64. The molecule has 0 unspecified atom stereocenters. The van der Waals surface area contributed by atoms with E-state index >= 15 is 0 Å². The Bertz CT molecular complexity index is 459. The van der Waals surface area contributed by atoms with Crippen molar-refractivity contribution in [2.24, 2.45) is 0 Å². The van der Waals surface area contributed by atoms with Gasteiger partial charge in [-0.15, -0.1) is 0 Å². The molecule has 2 aromatic rings. The summed E-state index contributed by atoms with van der Waals surface area (Å²) in [5.74, 6) is 1.83. The van der Waals surface area contributed by atoms with E-state index in [0.717, 1.165) is 36.7 Å². The Labute approximate surface area is 101 Å². The van der Waals surface area contributed by atoms with Gasteiger partial charge in [-0.2, -0.15) is 5.10 Å². The molecule has 0 amide bonds. The van der Waals surface area contributed by atoms with Crippen LogP contribution in [0.2, 0.25) is 0 Å². The molecule has 0 fully saturated rings. The average Bonchev–Trinajstić information content (AvgIpc) is 2.80. The Kier molecular flexibility index (Phi) is 3.75. The number of hydrogen-bond acceptors (Lipinski definition) is 3. The molecule has 0 radical (unpaired) electrons. The lowest BCUT2D eigenvalue weighted by molar-refractivity contribution is 0.901. The Balaban J connectivity index is 1.81. The molecule has 0 aliphatic rings. The zero-order chi connectivity index (χ0) is 12.1. The summed E-state index contributed by atoms with van der Waals surface area (Å²) in [5, 5.41) is 10.4. The molecule has 2 rings (SSSR count). The van der Waals surface area contributed by atoms with Crippen LogP contribution < -0.4 is 5.32 Å². The second kappa shape index (κ2) is 5.48. The summed E-state index contributed by atoms with van der Waals surface area (Å²) in [7, 11) is 0. The summed E-state index contributed by atoms with van der Waals surface area (Å²) in [4.78, 5) is 4.37. The molecule has 0 aliphatic heterocycles. The number of nitrogens with zero attached hydrogens (tertiary/aromatic N) is 2. The van der Waals surface area contributed by atoms with Crippen molar-refractivity contribution < 1.29 is 0 Å². The van der Waals surface area contributed by atoms with Crippen LogP contribution in [-0.2, 0) is 12.8 Å². The predicted octanol–water partition coefficient (Wildman–Crippen LogP) is 2.33. The minimum absolute atomic E-state index is 0.862. The van der Waals surface area contributed by atoms with Crippen molar-refractivity contribution in [2.75, 3.05) is 11.9 Å². The van der Waals surface area contributed by atoms with Crippen LogP contribution in [0, 0.1) is 6.92 Å². The van der Waals surface area contributed by atoms with Gasteiger partial charge in [0.15, 0.2) is 0 Å². The van der Waals surface area contributed by atoms with Crippen LogP contribution in [-0.4, -0.2) is 21.7 Å². The minimum Gasteiger partial charge on any atom is -0.385 e. The lowest BCUT2D eigenvalue weighted by atomic mass is 10.2. The highest BCUT2D eigenvalue weighted by molar-refractivity contribution is 5.44. The van der Waals surface area contributed by atoms with E-state index in [4.69, 9.17) is 0 Å². The number of hydrogen-bond donors (Lipinski definition) is 2. The number of aryl methyl sites for hydroxylation is 2. The van der Waals surface area contributed by atoms with Gasteiger partial charge in [-0.3, -0.25) is 5.10 Å². The van der Waals surface area contributed by atoms with Crippen LogP contribution in [0.15, 0.2) is 24.3 Å². The van der Waals surface area contributed by atoms with Crippen LogP contribution in [0.25, 0.3) is 0 Å². The smallest absolute Gasteiger partial charge is 0.150 e. The zero-order valence-corrected chi connectivity index (χ0v) is 10.3. The van der Waals surface area contributed by atoms with Crippen molar-refractivity contribution >= 4 is 5.69 Å². The standard InChI is InChI=1S/C13H18N4/c1-3-12-15-13(17-16-12)8-9-14-11-6-4-10(2)5-7-11/h4-7,14H,3,8-9H2,1-2H3,(H,15,16,17). The van der Waals surface area contributed by atoms with Crippen LogP contribution in [0.3, 0.4) is 0 Å². The van der Waals surface area contributed by atoms with E-state index in [9.17, 15) is 0 Å². The van der Waals surface area contributed by atoms with E-state index < -0.39 is 0 Å². The fraction of sp³-hybridized carbons (Fsp3) is 0.385. The molecular formula is C13H18N4. The quantitative estimate of drug-likeness (QED) is 0.829. The molecule has 4 nitrogen and oxygen atoms in total. The molecule has 0 bridgehead atoms. The van der Waals surface area contributed by atoms with E-state index in [-0.39, 0.29) is 0 Å². The third kappa shape index (κ3) is 3.31. The summed E-state index contributed by atoms with van der Waals surface area (Å²) in [6.07, 6.45) is 1.74. The molecule has 1 aromatic carbocycles. The van der Waals surface area contributed by atoms with Gasteiger partial charge in [0.2, 0.25) is 0 Å². The fourth-order valence-corrected chi connectivity index (χ4v) is 1.60.